The zero-order chi connectivity index (χ0) is 27.9. The molecule has 1 fully saturated rings. The molecule has 1 aromatic carbocycles. The van der Waals surface area contributed by atoms with Crippen molar-refractivity contribution < 1.29 is 9.18 Å². The van der Waals surface area contributed by atoms with Crippen LogP contribution in [0.15, 0.2) is 67.0 Å². The lowest BCUT2D eigenvalue weighted by Gasteiger charge is -2.34. The van der Waals surface area contributed by atoms with E-state index in [0.717, 1.165) is 39.2 Å². The minimum absolute atomic E-state index is 0.0529. The molecule has 9 nitrogen and oxygen atoms in total. The molecule has 1 aliphatic rings. The lowest BCUT2D eigenvalue weighted by atomic mass is 10.0. The van der Waals surface area contributed by atoms with E-state index < -0.39 is 11.7 Å². The van der Waals surface area contributed by atoms with E-state index in [1.54, 1.807) is 52.9 Å². The highest BCUT2D eigenvalue weighted by Crippen LogP contribution is 2.41. The molecule has 6 heterocycles. The van der Waals surface area contributed by atoms with Crippen LogP contribution >= 0.6 is 22.7 Å². The summed E-state index contributed by atoms with van der Waals surface area (Å²) in [7, 11) is 0. The molecule has 202 valence electrons. The van der Waals surface area contributed by atoms with Crippen molar-refractivity contribution in [3.63, 3.8) is 0 Å². The third kappa shape index (κ3) is 4.54. The molecule has 0 aliphatic carbocycles. The molecule has 0 radical (unpaired) electrons. The Morgan fingerprint density at radius 3 is 2.83 bits per heavy atom. The summed E-state index contributed by atoms with van der Waals surface area (Å²) in [5.74, 6) is -0.627. The molecular weight excluding hydrogens is 560 g/mol. The normalized spacial score (nSPS) is 15.3. The number of aromatic nitrogens is 5. The van der Waals surface area contributed by atoms with Gasteiger partial charge in [0, 0.05) is 44.8 Å². The third-order valence-electron chi connectivity index (χ3n) is 7.10. The Balaban J connectivity index is 1.30. The van der Waals surface area contributed by atoms with E-state index in [1.165, 1.54) is 28.2 Å². The summed E-state index contributed by atoms with van der Waals surface area (Å²) in [6.07, 6.45) is 4.96. The maximum absolute atomic E-state index is 15.7. The Morgan fingerprint density at radius 1 is 1.10 bits per heavy atom. The van der Waals surface area contributed by atoms with E-state index in [1.807, 2.05) is 18.2 Å². The molecule has 0 bridgehead atoms. The SMILES string of the molecule is N#Cc1ccc(-c2cc3c(N(C(=O)c4ccc(-n5nnc6cccnc65)cc4F)[C@@H]4CCCNC4)nccc3s2)s1. The van der Waals surface area contributed by atoms with Crippen molar-refractivity contribution >= 4 is 55.6 Å². The number of nitriles is 1. The summed E-state index contributed by atoms with van der Waals surface area (Å²) in [6.45, 7) is 1.44. The van der Waals surface area contributed by atoms with Crippen LogP contribution in [0, 0.1) is 17.1 Å². The average Bonchev–Trinajstić information content (AvgIpc) is 3.76. The van der Waals surface area contributed by atoms with Crippen LogP contribution in [0.2, 0.25) is 0 Å². The van der Waals surface area contributed by atoms with Gasteiger partial charge >= 0.3 is 0 Å². The average molecular weight is 581 g/mol. The van der Waals surface area contributed by atoms with Crippen LogP contribution in [0.25, 0.3) is 36.7 Å². The van der Waals surface area contributed by atoms with Gasteiger partial charge in [-0.1, -0.05) is 5.21 Å². The number of pyridine rings is 2. The predicted octanol–water partition coefficient (Wildman–Crippen LogP) is 5.56. The van der Waals surface area contributed by atoms with Crippen molar-refractivity contribution in [1.29, 1.82) is 5.26 Å². The summed E-state index contributed by atoms with van der Waals surface area (Å²) in [5.41, 5.74) is 1.45. The highest BCUT2D eigenvalue weighted by molar-refractivity contribution is 7.26. The number of carbonyl (C=O) groups is 1. The van der Waals surface area contributed by atoms with Crippen LogP contribution < -0.4 is 10.2 Å². The van der Waals surface area contributed by atoms with Crippen LogP contribution in [0.4, 0.5) is 10.2 Å². The summed E-state index contributed by atoms with van der Waals surface area (Å²) in [4.78, 5) is 27.4. The molecule has 1 atom stereocenters. The van der Waals surface area contributed by atoms with Crippen LogP contribution in [0.1, 0.15) is 28.1 Å². The first-order chi connectivity index (χ1) is 20.1. The van der Waals surface area contributed by atoms with E-state index in [2.05, 4.69) is 31.7 Å². The highest BCUT2D eigenvalue weighted by atomic mass is 32.1. The maximum atomic E-state index is 15.7. The summed E-state index contributed by atoms with van der Waals surface area (Å²) in [5, 5.41) is 21.7. The Hall–Kier alpha value is -4.57. The number of hydrogen-bond donors (Lipinski definition) is 1. The maximum Gasteiger partial charge on any atom is 0.262 e. The lowest BCUT2D eigenvalue weighted by Crippen LogP contribution is -2.49. The highest BCUT2D eigenvalue weighted by Gasteiger charge is 2.32. The number of carbonyl (C=O) groups excluding carboxylic acids is 1. The molecule has 1 aliphatic heterocycles. The summed E-state index contributed by atoms with van der Waals surface area (Å²) in [6, 6.07) is 17.6. The Labute approximate surface area is 241 Å². The fraction of sp³-hybridized carbons (Fsp3) is 0.172. The van der Waals surface area contributed by atoms with Crippen molar-refractivity contribution in [3.8, 4) is 21.5 Å². The molecule has 1 N–H and O–H groups in total. The fourth-order valence-electron chi connectivity index (χ4n) is 5.16. The standard InChI is InChI=1S/C29H21FN8OS2/c30-22-13-17(38-28-23(35-36-38)4-2-11-33-28)5-7-20(22)29(39)37(18-3-1-10-32-16-18)27-21-14-26(41-24(21)9-12-34-27)25-8-6-19(15-31)40-25/h2,4-9,11-14,18,32H,1,3,10,16H2/t18-/m1/s1. The molecule has 12 heteroatoms. The second-order valence-electron chi connectivity index (χ2n) is 9.62. The first kappa shape index (κ1) is 25.4. The number of benzene rings is 1. The third-order valence-corrected chi connectivity index (χ3v) is 9.39. The molecule has 0 unspecified atom stereocenters. The monoisotopic (exact) mass is 580 g/mol. The van der Waals surface area contributed by atoms with E-state index in [9.17, 15) is 10.1 Å². The number of halogens is 1. The van der Waals surface area contributed by atoms with E-state index in [0.29, 0.717) is 34.1 Å². The van der Waals surface area contributed by atoms with Crippen LogP contribution in [-0.4, -0.2) is 50.0 Å². The molecule has 5 aromatic heterocycles. The zero-order valence-corrected chi connectivity index (χ0v) is 23.1. The van der Waals surface area contributed by atoms with Crippen LogP contribution in [0.3, 0.4) is 0 Å². The second kappa shape index (κ2) is 10.4. The number of nitrogens with one attached hydrogen (secondary N) is 1. The molecule has 1 saturated heterocycles. The van der Waals surface area contributed by atoms with Gasteiger partial charge in [-0.3, -0.25) is 9.69 Å². The largest absolute Gasteiger partial charge is 0.315 e. The minimum Gasteiger partial charge on any atom is -0.315 e. The van der Waals surface area contributed by atoms with E-state index in [-0.39, 0.29) is 11.6 Å². The number of anilines is 1. The first-order valence-electron chi connectivity index (χ1n) is 13.0. The molecule has 1 amide bonds. The Kier molecular flexibility index (Phi) is 6.47. The molecular formula is C29H21FN8OS2. The number of nitrogens with zero attached hydrogens (tertiary/aromatic N) is 7. The van der Waals surface area contributed by atoms with Crippen molar-refractivity contribution in [3.05, 3.63) is 83.2 Å². The summed E-state index contributed by atoms with van der Waals surface area (Å²) < 4.78 is 18.1. The quantitative estimate of drug-likeness (QED) is 0.284. The number of amides is 1. The van der Waals surface area contributed by atoms with Gasteiger partial charge in [-0.05, 0) is 67.9 Å². The van der Waals surface area contributed by atoms with Gasteiger partial charge in [0.05, 0.1) is 17.3 Å². The smallest absolute Gasteiger partial charge is 0.262 e. The van der Waals surface area contributed by atoms with Gasteiger partial charge in [-0.15, -0.1) is 27.8 Å². The number of fused-ring (bicyclic) bond motifs is 2. The van der Waals surface area contributed by atoms with Crippen molar-refractivity contribution in [2.75, 3.05) is 18.0 Å². The van der Waals surface area contributed by atoms with Gasteiger partial charge in [0.2, 0.25) is 0 Å². The van der Waals surface area contributed by atoms with Gasteiger partial charge in [0.15, 0.2) is 5.65 Å². The van der Waals surface area contributed by atoms with Gasteiger partial charge in [-0.2, -0.15) is 9.94 Å². The number of thiophene rings is 2. The fourth-order valence-corrected chi connectivity index (χ4v) is 7.09. The van der Waals surface area contributed by atoms with Crippen LogP contribution in [0.5, 0.6) is 0 Å². The molecule has 0 spiro atoms. The summed E-state index contributed by atoms with van der Waals surface area (Å²) >= 11 is 3.00. The molecule has 0 saturated carbocycles. The van der Waals surface area contributed by atoms with Crippen molar-refractivity contribution in [2.24, 2.45) is 0 Å². The molecule has 41 heavy (non-hydrogen) atoms. The van der Waals surface area contributed by atoms with Gasteiger partial charge in [0.1, 0.15) is 28.1 Å². The minimum atomic E-state index is -0.665. The van der Waals surface area contributed by atoms with Crippen molar-refractivity contribution in [1.82, 2.24) is 30.3 Å². The van der Waals surface area contributed by atoms with E-state index in [4.69, 9.17) is 0 Å². The van der Waals surface area contributed by atoms with Crippen LogP contribution in [-0.2, 0) is 0 Å². The number of piperidine rings is 1. The Bertz CT molecular complexity index is 1970. The van der Waals surface area contributed by atoms with Gasteiger partial charge < -0.3 is 5.32 Å². The molecule has 7 rings (SSSR count). The molecule has 6 aromatic rings. The number of hydrogen-bond acceptors (Lipinski definition) is 9. The Morgan fingerprint density at radius 2 is 2.02 bits per heavy atom. The second-order valence-corrected chi connectivity index (χ2v) is 11.8. The first-order valence-corrected chi connectivity index (χ1v) is 14.6. The topological polar surface area (TPSA) is 113 Å². The van der Waals surface area contributed by atoms with Gasteiger partial charge in [-0.25, -0.2) is 14.4 Å². The van der Waals surface area contributed by atoms with Gasteiger partial charge in [0.25, 0.3) is 5.91 Å². The number of rotatable bonds is 5. The zero-order valence-electron chi connectivity index (χ0n) is 21.5. The van der Waals surface area contributed by atoms with E-state index >= 15 is 4.39 Å². The predicted molar refractivity (Wildman–Crippen MR) is 157 cm³/mol. The van der Waals surface area contributed by atoms with Crippen molar-refractivity contribution in [2.45, 2.75) is 18.9 Å². The lowest BCUT2D eigenvalue weighted by molar-refractivity contribution is 0.0968.